The standard InChI is InChI=1S/C27H33N5.C2H6/c1-18-9-14-26-31-25(17-32(26)16-18)21(4)29-23-10-12-24(13-11-23)30-22(5)28-20(3)15-19(2)27(6,7)8;1-2/h9-17,28-30H,3-5H2,1-2,6-8H3;1-2H3/b19-15+;. The number of nitrogens with one attached hydrogen (secondary N) is 3. The normalized spacial score (nSPS) is 11.3. The number of nitrogens with zero attached hydrogens (tertiary/aromatic N) is 2. The van der Waals surface area contributed by atoms with Crippen molar-refractivity contribution < 1.29 is 0 Å². The summed E-state index contributed by atoms with van der Waals surface area (Å²) in [7, 11) is 0. The minimum Gasteiger partial charge on any atom is -0.354 e. The summed E-state index contributed by atoms with van der Waals surface area (Å²) >= 11 is 0. The Hall–Kier alpha value is -3.73. The maximum absolute atomic E-state index is 4.63. The number of hydrogen-bond donors (Lipinski definition) is 3. The Kier molecular flexibility index (Phi) is 8.90. The van der Waals surface area contributed by atoms with Gasteiger partial charge < -0.3 is 20.4 Å². The summed E-state index contributed by atoms with van der Waals surface area (Å²) in [5, 5.41) is 9.78. The van der Waals surface area contributed by atoms with E-state index in [9.17, 15) is 0 Å². The second-order valence-electron chi connectivity index (χ2n) is 9.11. The molecule has 1 aromatic carbocycles. The maximum atomic E-state index is 4.63. The first-order valence-electron chi connectivity index (χ1n) is 11.6. The second kappa shape index (κ2) is 11.4. The predicted molar refractivity (Wildman–Crippen MR) is 149 cm³/mol. The van der Waals surface area contributed by atoms with Crippen LogP contribution in [0.4, 0.5) is 11.4 Å². The third-order valence-corrected chi connectivity index (χ3v) is 5.27. The summed E-state index contributed by atoms with van der Waals surface area (Å²) in [5.74, 6) is 0.665. The van der Waals surface area contributed by atoms with Gasteiger partial charge in [0.25, 0.3) is 0 Å². The van der Waals surface area contributed by atoms with Crippen LogP contribution in [-0.4, -0.2) is 9.38 Å². The van der Waals surface area contributed by atoms with Gasteiger partial charge in [0.05, 0.1) is 5.70 Å². The number of aromatic nitrogens is 2. The number of anilines is 2. The molecule has 0 aliphatic rings. The maximum Gasteiger partial charge on any atom is 0.137 e. The molecule has 180 valence electrons. The molecule has 0 bridgehead atoms. The summed E-state index contributed by atoms with van der Waals surface area (Å²) in [4.78, 5) is 4.63. The molecule has 5 heteroatoms. The van der Waals surface area contributed by atoms with Gasteiger partial charge in [-0.3, -0.25) is 0 Å². The third kappa shape index (κ3) is 7.41. The van der Waals surface area contributed by atoms with Gasteiger partial charge in [0.1, 0.15) is 17.2 Å². The predicted octanol–water partition coefficient (Wildman–Crippen LogP) is 7.73. The van der Waals surface area contributed by atoms with E-state index in [1.807, 2.05) is 66.9 Å². The lowest BCUT2D eigenvalue weighted by Crippen LogP contribution is -2.17. The number of fused-ring (bicyclic) bond motifs is 1. The minimum atomic E-state index is 0.106. The number of imidazole rings is 1. The Morgan fingerprint density at radius 2 is 1.50 bits per heavy atom. The molecule has 3 aromatic rings. The number of aryl methyl sites for hydroxylation is 1. The molecule has 2 heterocycles. The van der Waals surface area contributed by atoms with Crippen LogP contribution in [0, 0.1) is 12.3 Å². The smallest absolute Gasteiger partial charge is 0.137 e. The zero-order valence-electron chi connectivity index (χ0n) is 21.7. The molecule has 0 aliphatic heterocycles. The van der Waals surface area contributed by atoms with Crippen molar-refractivity contribution in [1.82, 2.24) is 14.7 Å². The average molecular weight is 458 g/mol. The van der Waals surface area contributed by atoms with Crippen molar-refractivity contribution in [1.29, 1.82) is 0 Å². The largest absolute Gasteiger partial charge is 0.354 e. The monoisotopic (exact) mass is 457 g/mol. The highest BCUT2D eigenvalue weighted by Crippen LogP contribution is 2.25. The van der Waals surface area contributed by atoms with Crippen molar-refractivity contribution in [3.63, 3.8) is 0 Å². The summed E-state index contributed by atoms with van der Waals surface area (Å²) in [6.45, 7) is 27.0. The Labute approximate surface area is 205 Å². The van der Waals surface area contributed by atoms with Crippen LogP contribution < -0.4 is 16.0 Å². The number of hydrogen-bond acceptors (Lipinski definition) is 4. The van der Waals surface area contributed by atoms with Gasteiger partial charge in [-0.2, -0.15) is 0 Å². The van der Waals surface area contributed by atoms with E-state index in [1.54, 1.807) is 0 Å². The highest BCUT2D eigenvalue weighted by atomic mass is 15.1. The van der Waals surface area contributed by atoms with Gasteiger partial charge in [0.2, 0.25) is 0 Å². The van der Waals surface area contributed by atoms with Gasteiger partial charge in [-0.05, 0) is 61.2 Å². The van der Waals surface area contributed by atoms with Crippen molar-refractivity contribution >= 4 is 22.7 Å². The van der Waals surface area contributed by atoms with Crippen LogP contribution in [0.5, 0.6) is 0 Å². The summed E-state index contributed by atoms with van der Waals surface area (Å²) in [6, 6.07) is 12.0. The molecule has 0 spiro atoms. The number of allylic oxidation sites excluding steroid dienone is 2. The Bertz CT molecular complexity index is 1190. The van der Waals surface area contributed by atoms with Crippen LogP contribution in [0.3, 0.4) is 0 Å². The van der Waals surface area contributed by atoms with Crippen molar-refractivity contribution in [2.45, 2.75) is 48.5 Å². The molecule has 0 amide bonds. The third-order valence-electron chi connectivity index (χ3n) is 5.27. The molecule has 0 fully saturated rings. The first-order valence-corrected chi connectivity index (χ1v) is 11.6. The van der Waals surface area contributed by atoms with E-state index in [1.165, 1.54) is 11.1 Å². The van der Waals surface area contributed by atoms with Gasteiger partial charge in [-0.15, -0.1) is 0 Å². The molecule has 3 rings (SSSR count). The van der Waals surface area contributed by atoms with Gasteiger partial charge in [-0.25, -0.2) is 4.98 Å². The Morgan fingerprint density at radius 3 is 2.09 bits per heavy atom. The lowest BCUT2D eigenvalue weighted by atomic mass is 9.87. The summed E-state index contributed by atoms with van der Waals surface area (Å²) in [6.07, 6.45) is 6.08. The highest BCUT2D eigenvalue weighted by Gasteiger charge is 2.12. The van der Waals surface area contributed by atoms with E-state index in [4.69, 9.17) is 0 Å². The number of pyridine rings is 1. The van der Waals surface area contributed by atoms with Crippen LogP contribution in [-0.2, 0) is 0 Å². The molecule has 2 aromatic heterocycles. The molecule has 5 nitrogen and oxygen atoms in total. The van der Waals surface area contributed by atoms with Gasteiger partial charge in [-0.1, -0.05) is 66.0 Å². The molecule has 0 radical (unpaired) electrons. The lowest BCUT2D eigenvalue weighted by molar-refractivity contribution is 0.503. The van der Waals surface area contributed by atoms with Crippen LogP contribution in [0.15, 0.2) is 91.7 Å². The SMILES string of the molecule is C=C(/C=C(\C)C(C)(C)C)NC(=C)Nc1ccc(NC(=C)c2cn3cc(C)ccc3n2)cc1.CC. The molecule has 34 heavy (non-hydrogen) atoms. The zero-order chi connectivity index (χ0) is 25.5. The van der Waals surface area contributed by atoms with E-state index in [0.717, 1.165) is 34.1 Å². The summed E-state index contributed by atoms with van der Waals surface area (Å²) < 4.78 is 2.01. The molecular formula is C29H39N5. The minimum absolute atomic E-state index is 0.106. The van der Waals surface area contributed by atoms with E-state index >= 15 is 0 Å². The van der Waals surface area contributed by atoms with Crippen LogP contribution >= 0.6 is 0 Å². The van der Waals surface area contributed by atoms with E-state index in [2.05, 4.69) is 81.5 Å². The van der Waals surface area contributed by atoms with Gasteiger partial charge in [0.15, 0.2) is 0 Å². The van der Waals surface area contributed by atoms with E-state index in [-0.39, 0.29) is 5.41 Å². The Morgan fingerprint density at radius 1 is 0.912 bits per heavy atom. The average Bonchev–Trinajstić information content (AvgIpc) is 3.19. The van der Waals surface area contributed by atoms with Crippen LogP contribution in [0.25, 0.3) is 11.3 Å². The fraction of sp³-hybridized carbons (Fsp3) is 0.276. The van der Waals surface area contributed by atoms with Gasteiger partial charge >= 0.3 is 0 Å². The fourth-order valence-corrected chi connectivity index (χ4v) is 3.04. The first kappa shape index (κ1) is 26.5. The molecule has 0 saturated heterocycles. The highest BCUT2D eigenvalue weighted by molar-refractivity contribution is 5.75. The number of benzene rings is 1. The van der Waals surface area contributed by atoms with Crippen molar-refractivity contribution in [3.05, 3.63) is 103 Å². The van der Waals surface area contributed by atoms with Crippen LogP contribution in [0.1, 0.15) is 52.8 Å². The molecule has 0 unspecified atom stereocenters. The second-order valence-corrected chi connectivity index (χ2v) is 9.11. The topological polar surface area (TPSA) is 53.4 Å². The molecule has 0 atom stereocenters. The van der Waals surface area contributed by atoms with E-state index in [0.29, 0.717) is 5.82 Å². The number of rotatable bonds is 8. The van der Waals surface area contributed by atoms with Crippen LogP contribution in [0.2, 0.25) is 0 Å². The van der Waals surface area contributed by atoms with Crippen molar-refractivity contribution in [3.8, 4) is 0 Å². The molecule has 0 saturated carbocycles. The molecule has 0 aliphatic carbocycles. The zero-order valence-corrected chi connectivity index (χ0v) is 21.7. The van der Waals surface area contributed by atoms with Crippen molar-refractivity contribution in [2.24, 2.45) is 5.41 Å². The van der Waals surface area contributed by atoms with E-state index < -0.39 is 0 Å². The fourth-order valence-electron chi connectivity index (χ4n) is 3.04. The molecule has 3 N–H and O–H groups in total. The summed E-state index contributed by atoms with van der Waals surface area (Å²) in [5.41, 5.74) is 7.64. The Balaban J connectivity index is 0.00000199. The quantitative estimate of drug-likeness (QED) is 0.303. The van der Waals surface area contributed by atoms with Crippen molar-refractivity contribution in [2.75, 3.05) is 10.6 Å². The lowest BCUT2D eigenvalue weighted by Gasteiger charge is -2.20. The first-order chi connectivity index (χ1) is 16.0. The molecular weight excluding hydrogens is 418 g/mol. The van der Waals surface area contributed by atoms with Gasteiger partial charge in [0, 0.05) is 29.5 Å².